The number of carbonyl (C=O) groups excluding carboxylic acids is 1. The van der Waals surface area contributed by atoms with E-state index in [0.29, 0.717) is 11.4 Å². The first-order valence-electron chi connectivity index (χ1n) is 7.60. The molecule has 0 atom stereocenters. The first kappa shape index (κ1) is 16.2. The van der Waals surface area contributed by atoms with E-state index in [1.165, 1.54) is 18.2 Å². The molecule has 0 radical (unpaired) electrons. The van der Waals surface area contributed by atoms with E-state index in [0.717, 1.165) is 11.1 Å². The molecule has 0 aromatic heterocycles. The Kier molecular flexibility index (Phi) is 4.71. The summed E-state index contributed by atoms with van der Waals surface area (Å²) < 4.78 is 0. The van der Waals surface area contributed by atoms with Crippen LogP contribution in [0.5, 0.6) is 0 Å². The van der Waals surface area contributed by atoms with Crippen LogP contribution in [-0.2, 0) is 0 Å². The van der Waals surface area contributed by atoms with E-state index < -0.39 is 11.0 Å². The molecule has 2 N–H and O–H groups in total. The predicted molar refractivity (Wildman–Crippen MR) is 97.6 cm³/mol. The van der Waals surface area contributed by atoms with Gasteiger partial charge >= 0.3 is 6.03 Å². The van der Waals surface area contributed by atoms with Crippen molar-refractivity contribution in [2.45, 2.75) is 0 Å². The maximum Gasteiger partial charge on any atom is 0.323 e. The number of hydrogen-bond acceptors (Lipinski definition) is 3. The molecule has 0 bridgehead atoms. The number of non-ortho nitro benzene ring substituents is 1. The van der Waals surface area contributed by atoms with E-state index in [1.54, 1.807) is 18.2 Å². The van der Waals surface area contributed by atoms with Crippen molar-refractivity contribution in [1.29, 1.82) is 0 Å². The fraction of sp³-hybridized carbons (Fsp3) is 0. The topological polar surface area (TPSA) is 84.3 Å². The molecule has 2 amide bonds. The van der Waals surface area contributed by atoms with Gasteiger partial charge in [0.2, 0.25) is 0 Å². The number of nitro groups is 1. The largest absolute Gasteiger partial charge is 0.323 e. The number of hydrogen-bond donors (Lipinski definition) is 2. The predicted octanol–water partition coefficient (Wildman–Crippen LogP) is 4.91. The Bertz CT molecular complexity index is 893. The van der Waals surface area contributed by atoms with Gasteiger partial charge in [0.25, 0.3) is 5.69 Å². The van der Waals surface area contributed by atoms with Crippen LogP contribution in [0.15, 0.2) is 78.9 Å². The van der Waals surface area contributed by atoms with Crippen LogP contribution >= 0.6 is 0 Å². The van der Waals surface area contributed by atoms with Gasteiger partial charge in [0, 0.05) is 23.5 Å². The smallest absolute Gasteiger partial charge is 0.308 e. The van der Waals surface area contributed by atoms with Crippen molar-refractivity contribution in [3.05, 3.63) is 89.0 Å². The molecule has 0 saturated heterocycles. The monoisotopic (exact) mass is 333 g/mol. The van der Waals surface area contributed by atoms with Crippen LogP contribution in [0.4, 0.5) is 21.9 Å². The van der Waals surface area contributed by atoms with E-state index in [9.17, 15) is 14.9 Å². The molecule has 3 rings (SSSR count). The van der Waals surface area contributed by atoms with Crippen LogP contribution in [0.2, 0.25) is 0 Å². The number of nitro benzene ring substituents is 1. The molecule has 6 nitrogen and oxygen atoms in total. The average Bonchev–Trinajstić information content (AvgIpc) is 2.63. The lowest BCUT2D eigenvalue weighted by Gasteiger charge is -2.08. The Morgan fingerprint density at radius 2 is 1.40 bits per heavy atom. The lowest BCUT2D eigenvalue weighted by Crippen LogP contribution is -2.19. The number of anilines is 2. The molecular formula is C19H15N3O3. The number of amides is 2. The summed E-state index contributed by atoms with van der Waals surface area (Å²) in [5.74, 6) is 0. The van der Waals surface area contributed by atoms with Crippen molar-refractivity contribution in [3.63, 3.8) is 0 Å². The molecule has 3 aromatic rings. The van der Waals surface area contributed by atoms with Gasteiger partial charge in [0.15, 0.2) is 0 Å². The fourth-order valence-electron chi connectivity index (χ4n) is 2.37. The Labute approximate surface area is 144 Å². The van der Waals surface area contributed by atoms with Crippen LogP contribution in [0.1, 0.15) is 0 Å². The zero-order valence-corrected chi connectivity index (χ0v) is 13.2. The first-order chi connectivity index (χ1) is 12.1. The fourth-order valence-corrected chi connectivity index (χ4v) is 2.37. The number of nitrogens with zero attached hydrogens (tertiary/aromatic N) is 1. The van der Waals surface area contributed by atoms with Gasteiger partial charge in [-0.1, -0.05) is 48.5 Å². The van der Waals surface area contributed by atoms with Crippen LogP contribution in [0.3, 0.4) is 0 Å². The van der Waals surface area contributed by atoms with E-state index in [1.807, 2.05) is 42.5 Å². The van der Waals surface area contributed by atoms with Crippen LogP contribution in [0, 0.1) is 10.1 Å². The van der Waals surface area contributed by atoms with Gasteiger partial charge in [-0.15, -0.1) is 0 Å². The molecule has 0 unspecified atom stereocenters. The van der Waals surface area contributed by atoms with Gasteiger partial charge in [0.05, 0.1) is 4.92 Å². The summed E-state index contributed by atoms with van der Waals surface area (Å²) in [6, 6.07) is 22.7. The maximum absolute atomic E-state index is 12.0. The summed E-state index contributed by atoms with van der Waals surface area (Å²) >= 11 is 0. The minimum Gasteiger partial charge on any atom is -0.308 e. The normalized spacial score (nSPS) is 10.1. The number of nitrogens with one attached hydrogen (secondary N) is 2. The minimum atomic E-state index is -0.509. The second-order valence-electron chi connectivity index (χ2n) is 5.33. The van der Waals surface area contributed by atoms with E-state index in [4.69, 9.17) is 0 Å². The summed E-state index contributed by atoms with van der Waals surface area (Å²) in [7, 11) is 0. The number of carbonyl (C=O) groups is 1. The Morgan fingerprint density at radius 1 is 0.760 bits per heavy atom. The first-order valence-corrected chi connectivity index (χ1v) is 7.60. The third-order valence-electron chi connectivity index (χ3n) is 3.56. The van der Waals surface area contributed by atoms with Crippen molar-refractivity contribution in [1.82, 2.24) is 0 Å². The molecule has 0 spiro atoms. The quantitative estimate of drug-likeness (QED) is 0.526. The summed E-state index contributed by atoms with van der Waals surface area (Å²) in [6.45, 7) is 0. The summed E-state index contributed by atoms with van der Waals surface area (Å²) in [4.78, 5) is 22.3. The number of benzene rings is 3. The molecule has 3 aromatic carbocycles. The average molecular weight is 333 g/mol. The van der Waals surface area contributed by atoms with Gasteiger partial charge in [0.1, 0.15) is 0 Å². The second kappa shape index (κ2) is 7.27. The molecular weight excluding hydrogens is 318 g/mol. The highest BCUT2D eigenvalue weighted by Crippen LogP contribution is 2.21. The van der Waals surface area contributed by atoms with Crippen molar-refractivity contribution >= 4 is 23.1 Å². The lowest BCUT2D eigenvalue weighted by molar-refractivity contribution is -0.384. The van der Waals surface area contributed by atoms with E-state index in [2.05, 4.69) is 10.6 Å². The van der Waals surface area contributed by atoms with Crippen molar-refractivity contribution in [2.24, 2.45) is 0 Å². The van der Waals surface area contributed by atoms with Crippen molar-refractivity contribution in [2.75, 3.05) is 10.6 Å². The number of urea groups is 1. The molecule has 0 saturated carbocycles. The summed E-state index contributed by atoms with van der Waals surface area (Å²) in [5.41, 5.74) is 3.04. The highest BCUT2D eigenvalue weighted by Gasteiger charge is 2.08. The van der Waals surface area contributed by atoms with Crippen molar-refractivity contribution < 1.29 is 9.72 Å². The number of rotatable bonds is 4. The Hall–Kier alpha value is -3.67. The van der Waals surface area contributed by atoms with Crippen LogP contribution < -0.4 is 10.6 Å². The highest BCUT2D eigenvalue weighted by molar-refractivity contribution is 6.00. The second-order valence-corrected chi connectivity index (χ2v) is 5.33. The van der Waals surface area contributed by atoms with Gasteiger partial charge in [-0.25, -0.2) is 4.79 Å². The van der Waals surface area contributed by atoms with Crippen LogP contribution in [0.25, 0.3) is 11.1 Å². The van der Waals surface area contributed by atoms with Gasteiger partial charge in [-0.05, 0) is 29.3 Å². The highest BCUT2D eigenvalue weighted by atomic mass is 16.6. The standard InChI is InChI=1S/C19H15N3O3/c23-19(21-17-7-4-8-18(13-17)22(24)25)20-16-11-9-15(10-12-16)14-5-2-1-3-6-14/h1-13H,(H2,20,21,23). The molecule has 25 heavy (non-hydrogen) atoms. The minimum absolute atomic E-state index is 0.0787. The van der Waals surface area contributed by atoms with Crippen molar-refractivity contribution in [3.8, 4) is 11.1 Å². The molecule has 6 heteroatoms. The molecule has 0 fully saturated rings. The molecule has 0 aliphatic carbocycles. The molecule has 0 aliphatic rings. The third kappa shape index (κ3) is 4.20. The SMILES string of the molecule is O=C(Nc1ccc(-c2ccccc2)cc1)Nc1cccc([N+](=O)[O-])c1. The van der Waals surface area contributed by atoms with E-state index >= 15 is 0 Å². The van der Waals surface area contributed by atoms with Gasteiger partial charge in [-0.2, -0.15) is 0 Å². The lowest BCUT2D eigenvalue weighted by atomic mass is 10.1. The van der Waals surface area contributed by atoms with Gasteiger partial charge < -0.3 is 10.6 Å². The van der Waals surface area contributed by atoms with Gasteiger partial charge in [-0.3, -0.25) is 10.1 Å². The zero-order chi connectivity index (χ0) is 17.6. The third-order valence-corrected chi connectivity index (χ3v) is 3.56. The summed E-state index contributed by atoms with van der Waals surface area (Å²) in [5, 5.41) is 16.0. The molecule has 0 aliphatic heterocycles. The zero-order valence-electron chi connectivity index (χ0n) is 13.2. The Balaban J connectivity index is 1.65. The van der Waals surface area contributed by atoms with Crippen LogP contribution in [-0.4, -0.2) is 11.0 Å². The van der Waals surface area contributed by atoms with E-state index in [-0.39, 0.29) is 5.69 Å². The summed E-state index contributed by atoms with van der Waals surface area (Å²) in [6.07, 6.45) is 0. The Morgan fingerprint density at radius 3 is 2.08 bits per heavy atom. The molecule has 0 heterocycles. The maximum atomic E-state index is 12.0. The molecule has 124 valence electrons.